The molecule has 0 bridgehead atoms. The molecule has 0 spiro atoms. The number of allylic oxidation sites excluding steroid dienone is 1. The van der Waals surface area contributed by atoms with Crippen molar-refractivity contribution in [3.63, 3.8) is 0 Å². The number of alkyl halides is 4. The van der Waals surface area contributed by atoms with Gasteiger partial charge in [-0.15, -0.1) is 0 Å². The van der Waals surface area contributed by atoms with Gasteiger partial charge >= 0.3 is 12.3 Å². The number of carboxylic acid groups (broad SMARTS) is 1. The number of hydrogen-bond donors (Lipinski definition) is 3. The van der Waals surface area contributed by atoms with Gasteiger partial charge < -0.3 is 24.8 Å². The molecule has 60 heavy (non-hydrogen) atoms. The van der Waals surface area contributed by atoms with E-state index in [0.717, 1.165) is 22.3 Å². The van der Waals surface area contributed by atoms with Gasteiger partial charge in [-0.05, 0) is 88.5 Å². The fourth-order valence-corrected chi connectivity index (χ4v) is 10.5. The molecule has 2 aromatic rings. The van der Waals surface area contributed by atoms with E-state index in [-0.39, 0.29) is 55.3 Å². The number of fused-ring (bicyclic) bond motifs is 5. The number of nitrogens with zero attached hydrogens (tertiary/aromatic N) is 3. The summed E-state index contributed by atoms with van der Waals surface area (Å²) in [5, 5.41) is 14.6. The van der Waals surface area contributed by atoms with Crippen LogP contribution in [0, 0.1) is 17.8 Å². The highest BCUT2D eigenvalue weighted by Gasteiger charge is 2.64. The summed E-state index contributed by atoms with van der Waals surface area (Å²) < 4.78 is 97.1. The van der Waals surface area contributed by atoms with Crippen molar-refractivity contribution in [1.29, 1.82) is 0 Å². The Morgan fingerprint density at radius 1 is 1.13 bits per heavy atom. The van der Waals surface area contributed by atoms with Gasteiger partial charge in [0.1, 0.15) is 40.7 Å². The monoisotopic (exact) mass is 865 g/mol. The lowest BCUT2D eigenvalue weighted by molar-refractivity contribution is -0.222. The van der Waals surface area contributed by atoms with E-state index in [9.17, 15) is 45.5 Å². The molecule has 4 amide bonds. The first kappa shape index (κ1) is 43.4. The highest BCUT2D eigenvalue weighted by atomic mass is 32.2. The van der Waals surface area contributed by atoms with E-state index >= 15 is 4.79 Å². The average Bonchev–Trinajstić information content (AvgIpc) is 4.09. The summed E-state index contributed by atoms with van der Waals surface area (Å²) in [6.07, 6.45) is -2.48. The summed E-state index contributed by atoms with van der Waals surface area (Å²) in [4.78, 5) is 62.4. The van der Waals surface area contributed by atoms with Crippen molar-refractivity contribution in [2.24, 2.45) is 17.8 Å². The van der Waals surface area contributed by atoms with Crippen LogP contribution in [0.5, 0.6) is 11.8 Å². The van der Waals surface area contributed by atoms with Crippen LogP contribution in [0.25, 0.3) is 10.8 Å². The van der Waals surface area contributed by atoms with Gasteiger partial charge in [0.15, 0.2) is 0 Å². The van der Waals surface area contributed by atoms with Gasteiger partial charge in [-0.2, -0.15) is 18.2 Å². The lowest BCUT2D eigenvalue weighted by atomic mass is 9.85. The number of carbonyl (C=O) groups is 4. The van der Waals surface area contributed by atoms with Crippen LogP contribution in [0.1, 0.15) is 84.6 Å². The number of sulfonamides is 1. The standard InChI is InChI=1S/C41H51F4N5O9S/c1-23-10-5-6-11-25-20-40(25,36(53)48-60(56,57)39(22-42)15-16-39)47-32(51)30-19-26(59-34-29-13-8-7-12-27(29)28-14-9-17-58-33(28)46-34)21-49(30)35(52)31(24(2)18-23)50(37(54)55)38(3,4)41(43,44)45/h6-8,11-13,23-26,30-31H,5,9-10,14-22H2,1-4H3,(H,47,51)(H,48,53)(H,54,55)/t23-,24-,25-,26-,30+,31+,40-/m1/s1. The van der Waals surface area contributed by atoms with Crippen LogP contribution >= 0.6 is 0 Å². The second kappa shape index (κ2) is 15.7. The predicted molar refractivity (Wildman–Crippen MR) is 209 cm³/mol. The number of ether oxygens (including phenoxy) is 2. The fraction of sp³-hybridized carbons (Fsp3) is 0.634. The van der Waals surface area contributed by atoms with E-state index in [1.807, 2.05) is 23.8 Å². The minimum Gasteiger partial charge on any atom is -0.477 e. The summed E-state index contributed by atoms with van der Waals surface area (Å²) >= 11 is 0. The van der Waals surface area contributed by atoms with Crippen molar-refractivity contribution >= 4 is 44.6 Å². The van der Waals surface area contributed by atoms with Crippen molar-refractivity contribution in [1.82, 2.24) is 24.8 Å². The molecule has 19 heteroatoms. The maximum absolute atomic E-state index is 15.1. The summed E-state index contributed by atoms with van der Waals surface area (Å²) in [6, 6.07) is 3.83. The van der Waals surface area contributed by atoms with Gasteiger partial charge in [0.25, 0.3) is 5.91 Å². The van der Waals surface area contributed by atoms with Crippen LogP contribution in [-0.2, 0) is 30.8 Å². The number of benzene rings is 1. The molecule has 7 rings (SSSR count). The molecule has 2 saturated carbocycles. The van der Waals surface area contributed by atoms with Gasteiger partial charge in [-0.1, -0.05) is 44.2 Å². The number of hydrogen-bond acceptors (Lipinski definition) is 9. The van der Waals surface area contributed by atoms with Crippen molar-refractivity contribution < 1.29 is 59.7 Å². The summed E-state index contributed by atoms with van der Waals surface area (Å²) in [7, 11) is -4.51. The van der Waals surface area contributed by atoms with Crippen LogP contribution in [0.3, 0.4) is 0 Å². The molecular formula is C41H51F4N5O9S. The minimum absolute atomic E-state index is 0.00606. The number of halogens is 4. The smallest absolute Gasteiger partial charge is 0.411 e. The molecule has 0 unspecified atom stereocenters. The molecule has 1 saturated heterocycles. The summed E-state index contributed by atoms with van der Waals surface area (Å²) in [5.41, 5.74) is -4.02. The first-order valence-electron chi connectivity index (χ1n) is 20.4. The maximum Gasteiger partial charge on any atom is 0.411 e. The molecule has 7 atom stereocenters. The highest BCUT2D eigenvalue weighted by Crippen LogP contribution is 2.48. The third-order valence-electron chi connectivity index (χ3n) is 13.0. The molecule has 4 heterocycles. The number of amides is 4. The van der Waals surface area contributed by atoms with Crippen LogP contribution in [0.2, 0.25) is 0 Å². The molecule has 3 fully saturated rings. The van der Waals surface area contributed by atoms with E-state index in [1.165, 1.54) is 6.92 Å². The summed E-state index contributed by atoms with van der Waals surface area (Å²) in [6.45, 7) is 3.51. The Labute approximate surface area is 345 Å². The molecule has 1 aromatic heterocycles. The zero-order valence-electron chi connectivity index (χ0n) is 33.9. The molecule has 3 N–H and O–H groups in total. The minimum atomic E-state index is -5.12. The SMILES string of the molecule is C[C@@H]1CCC=C[C@@H]2C[C@@]2(C(=O)NS(=O)(=O)C2(CF)CC2)NC(=O)[C@@H]2C[C@@H](Oc3nc4c(c5ccccc35)CCCO4)CN2C(=O)[C@@H](N(C(=O)O)C(C)(C)C(F)(F)F)[C@H](C)C1. The number of carbonyl (C=O) groups excluding carboxylic acids is 3. The predicted octanol–water partition coefficient (Wildman–Crippen LogP) is 5.43. The van der Waals surface area contributed by atoms with Crippen LogP contribution < -0.4 is 19.5 Å². The number of nitrogens with one attached hydrogen (secondary N) is 2. The van der Waals surface area contributed by atoms with E-state index in [4.69, 9.17) is 9.47 Å². The summed E-state index contributed by atoms with van der Waals surface area (Å²) in [5.74, 6) is -4.54. The molecule has 328 valence electrons. The second-order valence-electron chi connectivity index (χ2n) is 17.7. The van der Waals surface area contributed by atoms with E-state index in [2.05, 4.69) is 10.3 Å². The van der Waals surface area contributed by atoms with Crippen molar-refractivity contribution in [2.45, 2.75) is 126 Å². The zero-order chi connectivity index (χ0) is 43.6. The van der Waals surface area contributed by atoms with Crippen molar-refractivity contribution in [3.8, 4) is 11.8 Å². The number of pyridine rings is 1. The van der Waals surface area contributed by atoms with Gasteiger partial charge in [-0.3, -0.25) is 24.0 Å². The van der Waals surface area contributed by atoms with E-state index < -0.39 is 92.5 Å². The Morgan fingerprint density at radius 3 is 2.48 bits per heavy atom. The van der Waals surface area contributed by atoms with Gasteiger partial charge in [-0.25, -0.2) is 17.6 Å². The normalized spacial score (nSPS) is 29.4. The van der Waals surface area contributed by atoms with Crippen LogP contribution in [0.15, 0.2) is 36.4 Å². The Kier molecular flexibility index (Phi) is 11.3. The number of aromatic nitrogens is 1. The van der Waals surface area contributed by atoms with Crippen molar-refractivity contribution in [2.75, 3.05) is 19.8 Å². The zero-order valence-corrected chi connectivity index (χ0v) is 34.7. The topological polar surface area (TPSA) is 185 Å². The first-order chi connectivity index (χ1) is 28.2. The third-order valence-corrected chi connectivity index (χ3v) is 15.1. The molecule has 0 radical (unpaired) electrons. The molecule has 3 aliphatic heterocycles. The van der Waals surface area contributed by atoms with Crippen molar-refractivity contribution in [3.05, 3.63) is 42.0 Å². The van der Waals surface area contributed by atoms with E-state index in [0.29, 0.717) is 51.0 Å². The van der Waals surface area contributed by atoms with E-state index in [1.54, 1.807) is 24.3 Å². The maximum atomic E-state index is 15.1. The largest absolute Gasteiger partial charge is 0.477 e. The Hall–Kier alpha value is -4.68. The van der Waals surface area contributed by atoms with Gasteiger partial charge in [0, 0.05) is 23.3 Å². The Balaban J connectivity index is 1.30. The average molecular weight is 866 g/mol. The molecule has 1 aromatic carbocycles. The number of aryl methyl sites for hydroxylation is 1. The number of rotatable bonds is 8. The van der Waals surface area contributed by atoms with Gasteiger partial charge in [0.2, 0.25) is 33.6 Å². The second-order valence-corrected chi connectivity index (χ2v) is 19.8. The van der Waals surface area contributed by atoms with Crippen LogP contribution in [0.4, 0.5) is 22.4 Å². The molecule has 14 nitrogen and oxygen atoms in total. The first-order valence-corrected chi connectivity index (χ1v) is 21.9. The third kappa shape index (κ3) is 7.74. The fourth-order valence-electron chi connectivity index (χ4n) is 9.03. The Morgan fingerprint density at radius 2 is 1.83 bits per heavy atom. The highest BCUT2D eigenvalue weighted by molar-refractivity contribution is 7.91. The molecular weight excluding hydrogens is 815 g/mol. The quantitative estimate of drug-likeness (QED) is 0.228. The Bertz CT molecular complexity index is 2200. The molecule has 5 aliphatic rings. The van der Waals surface area contributed by atoms with Crippen LogP contribution in [-0.4, -0.2) is 112 Å². The van der Waals surface area contributed by atoms with Gasteiger partial charge in [0.05, 0.1) is 13.2 Å². The molecule has 2 aliphatic carbocycles. The lowest BCUT2D eigenvalue weighted by Crippen LogP contribution is -2.66. The lowest BCUT2D eigenvalue weighted by Gasteiger charge is -2.45.